The standard InChI is InChI=1S/C24H21N2O.C5H5.Fe/c25-16-23-21(17-5-1-2-6-17)15-22-19-8-4-3-7-18(19)9-10-20(22)24(23)26-11-13-27-14-12-26;1-2-4-5-3-1;/h1-8,15H,9-14H2;1-5H;/q;;+2. The SMILES string of the molecule is N#Cc1c([C]2[CH][CH][CH][CH]2)cc2c(c1N1CCOCC1)CCc1ccccc1-2.[CH]1[CH][CH][CH][CH]1.[Fe+2]. The molecule has 2 aromatic carbocycles. The van der Waals surface area contributed by atoms with Gasteiger partial charge in [0.2, 0.25) is 0 Å². The molecule has 4 aliphatic rings. The van der Waals surface area contributed by atoms with Crippen LogP contribution in [-0.4, -0.2) is 26.3 Å². The fourth-order valence-corrected chi connectivity index (χ4v) is 4.81. The van der Waals surface area contributed by atoms with Gasteiger partial charge in [-0.1, -0.05) is 24.3 Å². The van der Waals surface area contributed by atoms with Gasteiger partial charge in [0.05, 0.1) is 24.5 Å². The summed E-state index contributed by atoms with van der Waals surface area (Å²) in [4.78, 5) is 2.36. The number of rotatable bonds is 2. The zero-order valence-corrected chi connectivity index (χ0v) is 19.6. The Bertz CT molecular complexity index is 972. The van der Waals surface area contributed by atoms with Crippen LogP contribution in [0.15, 0.2) is 30.3 Å². The minimum Gasteiger partial charge on any atom is -0.378 e. The average molecular weight is 474 g/mol. The van der Waals surface area contributed by atoms with E-state index in [0.717, 1.165) is 61.9 Å². The van der Waals surface area contributed by atoms with Crippen molar-refractivity contribution in [3.63, 3.8) is 0 Å². The van der Waals surface area contributed by atoms with E-state index in [-0.39, 0.29) is 17.1 Å². The molecule has 33 heavy (non-hydrogen) atoms. The molecule has 0 amide bonds. The first-order chi connectivity index (χ1) is 15.9. The number of nitrogens with zero attached hydrogens (tertiary/aromatic N) is 2. The van der Waals surface area contributed by atoms with Crippen molar-refractivity contribution in [2.24, 2.45) is 0 Å². The van der Waals surface area contributed by atoms with E-state index in [1.807, 2.05) is 44.9 Å². The first kappa shape index (κ1) is 24.3. The minimum atomic E-state index is 0. The minimum absolute atomic E-state index is 0. The van der Waals surface area contributed by atoms with Crippen LogP contribution in [0.1, 0.15) is 22.3 Å². The van der Waals surface area contributed by atoms with Gasteiger partial charge in [0.1, 0.15) is 6.07 Å². The third-order valence-corrected chi connectivity index (χ3v) is 6.33. The maximum atomic E-state index is 10.1. The van der Waals surface area contributed by atoms with Crippen molar-refractivity contribution >= 4 is 5.69 Å². The largest absolute Gasteiger partial charge is 2.00 e. The van der Waals surface area contributed by atoms with E-state index >= 15 is 0 Å². The predicted octanol–water partition coefficient (Wildman–Crippen LogP) is 4.93. The predicted molar refractivity (Wildman–Crippen MR) is 128 cm³/mol. The number of nitriles is 1. The smallest absolute Gasteiger partial charge is 0.378 e. The molecule has 10 radical (unpaired) electrons. The molecule has 1 aliphatic heterocycles. The van der Waals surface area contributed by atoms with Crippen molar-refractivity contribution < 1.29 is 21.8 Å². The maximum absolute atomic E-state index is 10.1. The van der Waals surface area contributed by atoms with Crippen LogP contribution in [0, 0.1) is 75.0 Å². The van der Waals surface area contributed by atoms with Crippen LogP contribution in [0.4, 0.5) is 5.69 Å². The van der Waals surface area contributed by atoms with Gasteiger partial charge in [0, 0.05) is 19.0 Å². The molecular formula is C29H26FeN2O+2. The number of hydrogen-bond acceptors (Lipinski definition) is 3. The van der Waals surface area contributed by atoms with Crippen LogP contribution in [0.25, 0.3) is 11.1 Å². The molecular weight excluding hydrogens is 448 g/mol. The second-order valence-corrected chi connectivity index (χ2v) is 8.18. The van der Waals surface area contributed by atoms with Crippen LogP contribution < -0.4 is 4.90 Å². The molecule has 2 saturated carbocycles. The van der Waals surface area contributed by atoms with Gasteiger partial charge in [-0.15, -0.1) is 0 Å². The first-order valence-corrected chi connectivity index (χ1v) is 11.3. The number of ether oxygens (including phenoxy) is 1. The summed E-state index contributed by atoms with van der Waals surface area (Å²) >= 11 is 0. The molecule has 0 bridgehead atoms. The van der Waals surface area contributed by atoms with Gasteiger partial charge in [-0.05, 0) is 105 Å². The Labute approximate surface area is 210 Å². The van der Waals surface area contributed by atoms with Crippen LogP contribution >= 0.6 is 0 Å². The second kappa shape index (κ2) is 11.6. The van der Waals surface area contributed by atoms with Gasteiger partial charge < -0.3 is 9.64 Å². The van der Waals surface area contributed by atoms with Crippen LogP contribution in [0.5, 0.6) is 0 Å². The topological polar surface area (TPSA) is 36.3 Å². The number of benzene rings is 2. The van der Waals surface area contributed by atoms with Crippen molar-refractivity contribution in [1.29, 1.82) is 5.26 Å². The number of hydrogen-bond donors (Lipinski definition) is 0. The van der Waals surface area contributed by atoms with Crippen molar-refractivity contribution in [3.05, 3.63) is 116 Å². The quantitative estimate of drug-likeness (QED) is 0.579. The molecule has 1 heterocycles. The summed E-state index contributed by atoms with van der Waals surface area (Å²) in [6, 6.07) is 13.5. The van der Waals surface area contributed by atoms with Gasteiger partial charge in [-0.2, -0.15) is 5.26 Å². The Kier molecular flexibility index (Phi) is 8.53. The van der Waals surface area contributed by atoms with Crippen LogP contribution in [0.2, 0.25) is 0 Å². The summed E-state index contributed by atoms with van der Waals surface area (Å²) in [6.45, 7) is 3.12. The van der Waals surface area contributed by atoms with Crippen molar-refractivity contribution in [2.45, 2.75) is 12.8 Å². The summed E-state index contributed by atoms with van der Waals surface area (Å²) < 4.78 is 5.57. The molecule has 4 heteroatoms. The van der Waals surface area contributed by atoms with E-state index in [9.17, 15) is 5.26 Å². The van der Waals surface area contributed by atoms with Gasteiger partial charge in [-0.25, -0.2) is 0 Å². The van der Waals surface area contributed by atoms with Gasteiger partial charge in [-0.3, -0.25) is 0 Å². The molecule has 1 saturated heterocycles. The van der Waals surface area contributed by atoms with Gasteiger partial charge in [0.15, 0.2) is 0 Å². The van der Waals surface area contributed by atoms with Crippen LogP contribution in [-0.2, 0) is 34.6 Å². The number of fused-ring (bicyclic) bond motifs is 3. The maximum Gasteiger partial charge on any atom is 2.00 e. The number of anilines is 1. The average Bonchev–Trinajstić information content (AvgIpc) is 3.60. The zero-order chi connectivity index (χ0) is 21.8. The molecule has 0 N–H and O–H groups in total. The molecule has 0 spiro atoms. The Morgan fingerprint density at radius 1 is 0.788 bits per heavy atom. The third-order valence-electron chi connectivity index (χ3n) is 6.33. The van der Waals surface area contributed by atoms with E-state index < -0.39 is 0 Å². The monoisotopic (exact) mass is 474 g/mol. The van der Waals surface area contributed by atoms with E-state index in [1.54, 1.807) is 0 Å². The Morgan fingerprint density at radius 2 is 1.45 bits per heavy atom. The normalized spacial score (nSPS) is 19.5. The van der Waals surface area contributed by atoms with E-state index in [1.165, 1.54) is 22.3 Å². The molecule has 0 unspecified atom stereocenters. The second-order valence-electron chi connectivity index (χ2n) is 8.18. The number of aryl methyl sites for hydroxylation is 1. The van der Waals surface area contributed by atoms with Gasteiger partial charge in [0.25, 0.3) is 0 Å². The summed E-state index contributed by atoms with van der Waals surface area (Å²) in [6.07, 6.45) is 20.3. The third kappa shape index (κ3) is 5.17. The fraction of sp³-hybridized carbons (Fsp3) is 0.207. The summed E-state index contributed by atoms with van der Waals surface area (Å²) in [7, 11) is 0. The summed E-state index contributed by atoms with van der Waals surface area (Å²) in [5, 5.41) is 10.1. The van der Waals surface area contributed by atoms with E-state index in [4.69, 9.17) is 4.74 Å². The molecule has 3 nitrogen and oxygen atoms in total. The summed E-state index contributed by atoms with van der Waals surface area (Å²) in [5.74, 6) is 1.12. The molecule has 0 aromatic heterocycles. The van der Waals surface area contributed by atoms with Crippen molar-refractivity contribution in [3.8, 4) is 17.2 Å². The van der Waals surface area contributed by atoms with Crippen LogP contribution in [0.3, 0.4) is 0 Å². The molecule has 3 aliphatic carbocycles. The van der Waals surface area contributed by atoms with E-state index in [0.29, 0.717) is 0 Å². The first-order valence-electron chi connectivity index (χ1n) is 11.3. The van der Waals surface area contributed by atoms with Crippen molar-refractivity contribution in [2.75, 3.05) is 31.2 Å². The molecule has 164 valence electrons. The number of morpholine rings is 1. The molecule has 0 atom stereocenters. The Balaban J connectivity index is 0.000000385. The molecule has 3 fully saturated rings. The fourth-order valence-electron chi connectivity index (χ4n) is 4.81. The zero-order valence-electron chi connectivity index (χ0n) is 18.5. The van der Waals surface area contributed by atoms with Crippen molar-refractivity contribution in [1.82, 2.24) is 0 Å². The molecule has 6 rings (SSSR count). The molecule has 2 aromatic rings. The Morgan fingerprint density at radius 3 is 2.12 bits per heavy atom. The van der Waals surface area contributed by atoms with Gasteiger partial charge >= 0.3 is 17.1 Å². The van der Waals surface area contributed by atoms with E-state index in [2.05, 4.69) is 54.1 Å². The Hall–Kier alpha value is -1.79. The summed E-state index contributed by atoms with van der Waals surface area (Å²) in [5.41, 5.74) is 8.29.